The third kappa shape index (κ3) is 10.9. The van der Waals surface area contributed by atoms with Crippen LogP contribution in [0.15, 0.2) is 30.3 Å². The van der Waals surface area contributed by atoms with Gasteiger partial charge in [-0.3, -0.25) is 9.59 Å². The second-order valence-corrected chi connectivity index (χ2v) is 8.10. The Hall–Kier alpha value is -2.34. The van der Waals surface area contributed by atoms with E-state index < -0.39 is 37.3 Å². The first-order valence-electron chi connectivity index (χ1n) is 10.6. The minimum absolute atomic E-state index is 0.0451. The topological polar surface area (TPSA) is 73.5 Å². The molecule has 2 fully saturated rings. The molecule has 2 saturated heterocycles. The molecule has 0 aliphatic carbocycles. The molecule has 12 heteroatoms. The van der Waals surface area contributed by atoms with E-state index in [1.54, 1.807) is 0 Å². The standard InChI is InChI=1S/C14H15F3N2O2.C7H13F3N2/c15-14(16,17)9-18-13(21)11-6-12(20)19(8-11)7-10-4-2-1-3-5-10;8-7(9,10)5-12-4-6-1-2-11-3-6/h1-5,11H,6-9H2,(H,18,21);6,11-12H,1-5H2. The van der Waals surface area contributed by atoms with E-state index in [0.717, 1.165) is 25.1 Å². The number of rotatable bonds is 7. The van der Waals surface area contributed by atoms with Gasteiger partial charge in [-0.05, 0) is 37.5 Å². The number of carbonyl (C=O) groups is 2. The molecule has 6 nitrogen and oxygen atoms in total. The average molecular weight is 482 g/mol. The molecule has 1 aromatic carbocycles. The molecule has 0 saturated carbocycles. The van der Waals surface area contributed by atoms with Crippen molar-refractivity contribution < 1.29 is 35.9 Å². The smallest absolute Gasteiger partial charge is 0.347 e. The Morgan fingerprint density at radius 3 is 2.30 bits per heavy atom. The molecule has 2 atom stereocenters. The van der Waals surface area contributed by atoms with Crippen LogP contribution in [0.1, 0.15) is 18.4 Å². The van der Waals surface area contributed by atoms with Crippen LogP contribution >= 0.6 is 0 Å². The van der Waals surface area contributed by atoms with Gasteiger partial charge in [-0.1, -0.05) is 30.3 Å². The molecule has 2 unspecified atom stereocenters. The molecule has 0 aromatic heterocycles. The van der Waals surface area contributed by atoms with Gasteiger partial charge in [-0.15, -0.1) is 0 Å². The molecular formula is C21H28F6N4O2. The Morgan fingerprint density at radius 1 is 1.06 bits per heavy atom. The largest absolute Gasteiger partial charge is 0.405 e. The molecule has 2 aliphatic rings. The minimum atomic E-state index is -4.44. The molecule has 186 valence electrons. The van der Waals surface area contributed by atoms with E-state index in [0.29, 0.717) is 19.0 Å². The number of hydrogen-bond acceptors (Lipinski definition) is 4. The zero-order valence-electron chi connectivity index (χ0n) is 17.9. The quantitative estimate of drug-likeness (QED) is 0.523. The first kappa shape index (κ1) is 26.9. The van der Waals surface area contributed by atoms with Crippen molar-refractivity contribution in [1.82, 2.24) is 20.9 Å². The number of hydrogen-bond donors (Lipinski definition) is 3. The van der Waals surface area contributed by atoms with Crippen LogP contribution in [0.25, 0.3) is 0 Å². The first-order chi connectivity index (χ1) is 15.4. The summed E-state index contributed by atoms with van der Waals surface area (Å²) in [5.74, 6) is -1.29. The summed E-state index contributed by atoms with van der Waals surface area (Å²) in [7, 11) is 0. The van der Waals surface area contributed by atoms with Gasteiger partial charge in [0.2, 0.25) is 11.8 Å². The van der Waals surface area contributed by atoms with Crippen molar-refractivity contribution >= 4 is 11.8 Å². The number of nitrogens with zero attached hydrogens (tertiary/aromatic N) is 1. The van der Waals surface area contributed by atoms with Crippen LogP contribution in [-0.2, 0) is 16.1 Å². The van der Waals surface area contributed by atoms with Gasteiger partial charge in [0.25, 0.3) is 0 Å². The van der Waals surface area contributed by atoms with Crippen molar-refractivity contribution in [3.8, 4) is 0 Å². The average Bonchev–Trinajstić information content (AvgIpc) is 3.36. The summed E-state index contributed by atoms with van der Waals surface area (Å²) in [5, 5.41) is 7.33. The lowest BCUT2D eigenvalue weighted by Gasteiger charge is -2.17. The first-order valence-corrected chi connectivity index (χ1v) is 10.6. The summed E-state index contributed by atoms with van der Waals surface area (Å²) in [6.45, 7) is 0.509. The fraction of sp³-hybridized carbons (Fsp3) is 0.619. The minimum Gasteiger partial charge on any atom is -0.347 e. The lowest BCUT2D eigenvalue weighted by molar-refractivity contribution is -0.140. The molecule has 2 amide bonds. The second-order valence-electron chi connectivity index (χ2n) is 8.10. The maximum absolute atomic E-state index is 12.1. The lowest BCUT2D eigenvalue weighted by Crippen LogP contribution is -2.38. The van der Waals surface area contributed by atoms with Gasteiger partial charge in [-0.2, -0.15) is 26.3 Å². The number of carbonyl (C=O) groups excluding carboxylic acids is 2. The number of likely N-dealkylation sites (tertiary alicyclic amines) is 1. The zero-order chi connectivity index (χ0) is 24.5. The van der Waals surface area contributed by atoms with E-state index >= 15 is 0 Å². The number of nitrogens with one attached hydrogen (secondary N) is 3. The predicted molar refractivity (Wildman–Crippen MR) is 109 cm³/mol. The van der Waals surface area contributed by atoms with E-state index in [1.807, 2.05) is 35.6 Å². The Morgan fingerprint density at radius 2 is 1.73 bits per heavy atom. The summed E-state index contributed by atoms with van der Waals surface area (Å²) in [5.41, 5.74) is 0.919. The normalized spacial score (nSPS) is 21.0. The van der Waals surface area contributed by atoms with Crippen molar-refractivity contribution in [3.63, 3.8) is 0 Å². The van der Waals surface area contributed by atoms with Gasteiger partial charge in [0.05, 0.1) is 12.5 Å². The molecule has 2 heterocycles. The van der Waals surface area contributed by atoms with Crippen LogP contribution in [0, 0.1) is 11.8 Å². The van der Waals surface area contributed by atoms with E-state index in [2.05, 4.69) is 10.6 Å². The second kappa shape index (κ2) is 12.2. The van der Waals surface area contributed by atoms with Gasteiger partial charge >= 0.3 is 12.4 Å². The third-order valence-corrected chi connectivity index (χ3v) is 5.19. The maximum Gasteiger partial charge on any atom is 0.405 e. The van der Waals surface area contributed by atoms with Gasteiger partial charge in [0, 0.05) is 19.5 Å². The molecule has 3 N–H and O–H groups in total. The Bertz CT molecular complexity index is 751. The van der Waals surface area contributed by atoms with Crippen molar-refractivity contribution in [1.29, 1.82) is 0 Å². The maximum atomic E-state index is 12.1. The van der Waals surface area contributed by atoms with Crippen molar-refractivity contribution in [3.05, 3.63) is 35.9 Å². The summed E-state index contributed by atoms with van der Waals surface area (Å²) < 4.78 is 71.1. The number of alkyl halides is 6. The molecule has 0 bridgehead atoms. The van der Waals surface area contributed by atoms with Crippen molar-refractivity contribution in [2.24, 2.45) is 11.8 Å². The third-order valence-electron chi connectivity index (χ3n) is 5.19. The van der Waals surface area contributed by atoms with Crippen molar-refractivity contribution in [2.75, 3.05) is 39.3 Å². The van der Waals surface area contributed by atoms with Crippen LogP contribution in [0.2, 0.25) is 0 Å². The Labute approximate surface area is 188 Å². The highest BCUT2D eigenvalue weighted by Crippen LogP contribution is 2.21. The molecule has 0 radical (unpaired) electrons. The Balaban J connectivity index is 0.000000273. The van der Waals surface area contributed by atoms with Crippen molar-refractivity contribution in [2.45, 2.75) is 31.7 Å². The molecule has 0 spiro atoms. The van der Waals surface area contributed by atoms with Crippen LogP contribution in [0.3, 0.4) is 0 Å². The Kier molecular flexibility index (Phi) is 9.96. The van der Waals surface area contributed by atoms with E-state index in [4.69, 9.17) is 0 Å². The summed E-state index contributed by atoms with van der Waals surface area (Å²) >= 11 is 0. The molecule has 33 heavy (non-hydrogen) atoms. The highest BCUT2D eigenvalue weighted by molar-refractivity contribution is 5.89. The van der Waals surface area contributed by atoms with Crippen LogP contribution in [0.5, 0.6) is 0 Å². The fourth-order valence-corrected chi connectivity index (χ4v) is 3.54. The molecular weight excluding hydrogens is 454 g/mol. The number of amides is 2. The van der Waals surface area contributed by atoms with Gasteiger partial charge in [-0.25, -0.2) is 0 Å². The van der Waals surface area contributed by atoms with E-state index in [9.17, 15) is 35.9 Å². The lowest BCUT2D eigenvalue weighted by atomic mass is 10.1. The van der Waals surface area contributed by atoms with E-state index in [-0.39, 0.29) is 18.9 Å². The highest BCUT2D eigenvalue weighted by Gasteiger charge is 2.36. The molecule has 1 aromatic rings. The molecule has 2 aliphatic heterocycles. The summed E-state index contributed by atoms with van der Waals surface area (Å²) in [6.07, 6.45) is -7.59. The highest BCUT2D eigenvalue weighted by atomic mass is 19.4. The number of benzene rings is 1. The van der Waals surface area contributed by atoms with E-state index in [1.165, 1.54) is 4.90 Å². The van der Waals surface area contributed by atoms with Gasteiger partial charge in [0.15, 0.2) is 0 Å². The monoisotopic (exact) mass is 482 g/mol. The predicted octanol–water partition coefficient (Wildman–Crippen LogP) is 2.46. The summed E-state index contributed by atoms with van der Waals surface area (Å²) in [4.78, 5) is 25.0. The summed E-state index contributed by atoms with van der Waals surface area (Å²) in [6, 6.07) is 9.23. The van der Waals surface area contributed by atoms with Crippen LogP contribution < -0.4 is 16.0 Å². The van der Waals surface area contributed by atoms with Crippen LogP contribution in [-0.4, -0.2) is 68.3 Å². The van der Waals surface area contributed by atoms with Gasteiger partial charge < -0.3 is 20.9 Å². The van der Waals surface area contributed by atoms with Gasteiger partial charge in [0.1, 0.15) is 6.54 Å². The van der Waals surface area contributed by atoms with Crippen LogP contribution in [0.4, 0.5) is 26.3 Å². The molecule has 3 rings (SSSR count). The zero-order valence-corrected chi connectivity index (χ0v) is 17.9. The SMILES string of the molecule is FC(F)(F)CNCC1CCNC1.O=C(NCC(F)(F)F)C1CC(=O)N(Cc2ccccc2)C1. The fourth-order valence-electron chi connectivity index (χ4n) is 3.54. The number of halogens is 6.